The minimum Gasteiger partial charge on any atom is -0.305 e. The molecule has 1 atom stereocenters. The minimum absolute atomic E-state index is 0.704. The van der Waals surface area contributed by atoms with Crippen molar-refractivity contribution in [2.75, 3.05) is 21.2 Å². The summed E-state index contributed by atoms with van der Waals surface area (Å²) in [6.45, 7) is 0.889. The van der Waals surface area contributed by atoms with Gasteiger partial charge in [-0.25, -0.2) is 4.21 Å². The van der Waals surface area contributed by atoms with Crippen molar-refractivity contribution in [3.05, 3.63) is 29.8 Å². The third kappa shape index (κ3) is 3.21. The standard InChI is InChI=1S/C10H15NO2S/c1-11(2)8-9-4-6-10(7-5-9)14(12)13-3/h4-7H,8H2,1-3H3. The molecule has 0 fully saturated rings. The molecule has 1 aromatic carbocycles. The van der Waals surface area contributed by atoms with E-state index in [-0.39, 0.29) is 0 Å². The Morgan fingerprint density at radius 1 is 1.29 bits per heavy atom. The fourth-order valence-electron chi connectivity index (χ4n) is 1.17. The zero-order valence-corrected chi connectivity index (χ0v) is 9.50. The van der Waals surface area contributed by atoms with Gasteiger partial charge in [-0.15, -0.1) is 0 Å². The summed E-state index contributed by atoms with van der Waals surface area (Å²) < 4.78 is 15.9. The molecule has 0 N–H and O–H groups in total. The molecule has 0 aliphatic carbocycles. The zero-order valence-electron chi connectivity index (χ0n) is 8.69. The second-order valence-electron chi connectivity index (χ2n) is 3.28. The van der Waals surface area contributed by atoms with E-state index in [1.807, 2.05) is 38.4 Å². The molecule has 3 nitrogen and oxygen atoms in total. The van der Waals surface area contributed by atoms with Crippen LogP contribution in [0.1, 0.15) is 5.56 Å². The average Bonchev–Trinajstić information content (AvgIpc) is 2.17. The van der Waals surface area contributed by atoms with Crippen LogP contribution < -0.4 is 0 Å². The van der Waals surface area contributed by atoms with Gasteiger partial charge < -0.3 is 4.90 Å². The third-order valence-corrected chi connectivity index (χ3v) is 2.73. The second-order valence-corrected chi connectivity index (χ2v) is 4.56. The third-order valence-electron chi connectivity index (χ3n) is 1.77. The van der Waals surface area contributed by atoms with Crippen molar-refractivity contribution in [3.63, 3.8) is 0 Å². The van der Waals surface area contributed by atoms with E-state index < -0.39 is 11.1 Å². The predicted molar refractivity (Wildman–Crippen MR) is 57.3 cm³/mol. The maximum absolute atomic E-state index is 11.2. The van der Waals surface area contributed by atoms with Gasteiger partial charge >= 0.3 is 0 Å². The Balaban J connectivity index is 2.73. The van der Waals surface area contributed by atoms with Crippen LogP contribution in [0.4, 0.5) is 0 Å². The van der Waals surface area contributed by atoms with Crippen LogP contribution in [-0.4, -0.2) is 30.3 Å². The SMILES string of the molecule is COS(=O)c1ccc(CN(C)C)cc1. The van der Waals surface area contributed by atoms with Gasteiger partial charge in [0.25, 0.3) is 0 Å². The minimum atomic E-state index is -1.32. The summed E-state index contributed by atoms with van der Waals surface area (Å²) in [5.41, 5.74) is 1.20. The lowest BCUT2D eigenvalue weighted by molar-refractivity contribution is 0.402. The Labute approximate surface area is 87.3 Å². The smallest absolute Gasteiger partial charge is 0.188 e. The van der Waals surface area contributed by atoms with Gasteiger partial charge in [0.1, 0.15) is 0 Å². The summed E-state index contributed by atoms with van der Waals surface area (Å²) in [5, 5.41) is 0. The second kappa shape index (κ2) is 5.24. The molecule has 0 aliphatic heterocycles. The van der Waals surface area contributed by atoms with Crippen molar-refractivity contribution in [3.8, 4) is 0 Å². The molecule has 1 aromatic rings. The van der Waals surface area contributed by atoms with E-state index in [0.717, 1.165) is 6.54 Å². The Bertz CT molecular complexity index is 308. The van der Waals surface area contributed by atoms with Crippen molar-refractivity contribution in [2.24, 2.45) is 0 Å². The van der Waals surface area contributed by atoms with E-state index in [9.17, 15) is 4.21 Å². The Hall–Kier alpha value is -0.710. The van der Waals surface area contributed by atoms with Crippen LogP contribution in [-0.2, 0) is 21.8 Å². The molecule has 0 heterocycles. The summed E-state index contributed by atoms with van der Waals surface area (Å²) in [5.74, 6) is 0. The van der Waals surface area contributed by atoms with Crippen molar-refractivity contribution in [1.82, 2.24) is 4.90 Å². The molecule has 0 saturated carbocycles. The van der Waals surface area contributed by atoms with Gasteiger partial charge in [-0.3, -0.25) is 4.18 Å². The lowest BCUT2D eigenvalue weighted by Crippen LogP contribution is -2.10. The van der Waals surface area contributed by atoms with Crippen molar-refractivity contribution < 1.29 is 8.39 Å². The first-order chi connectivity index (χ1) is 6.63. The summed E-state index contributed by atoms with van der Waals surface area (Å²) in [7, 11) is 5.46. The van der Waals surface area contributed by atoms with Crippen molar-refractivity contribution >= 4 is 11.1 Å². The van der Waals surface area contributed by atoms with Crippen molar-refractivity contribution in [1.29, 1.82) is 0 Å². The van der Waals surface area contributed by atoms with Gasteiger partial charge in [-0.2, -0.15) is 0 Å². The summed E-state index contributed by atoms with van der Waals surface area (Å²) in [6, 6.07) is 7.59. The number of hydrogen-bond acceptors (Lipinski definition) is 3. The Kier molecular flexibility index (Phi) is 4.25. The van der Waals surface area contributed by atoms with Crippen LogP contribution in [0.5, 0.6) is 0 Å². The molecule has 1 unspecified atom stereocenters. The maximum Gasteiger partial charge on any atom is 0.188 e. The molecule has 0 aromatic heterocycles. The van der Waals surface area contributed by atoms with Crippen LogP contribution in [0.3, 0.4) is 0 Å². The molecule has 1 rings (SSSR count). The Morgan fingerprint density at radius 2 is 1.86 bits per heavy atom. The van der Waals surface area contributed by atoms with E-state index in [2.05, 4.69) is 4.90 Å². The molecule has 0 radical (unpaired) electrons. The van der Waals surface area contributed by atoms with E-state index in [4.69, 9.17) is 4.18 Å². The number of rotatable bonds is 4. The van der Waals surface area contributed by atoms with Crippen LogP contribution in [0, 0.1) is 0 Å². The largest absolute Gasteiger partial charge is 0.305 e. The van der Waals surface area contributed by atoms with Gasteiger partial charge in [-0.05, 0) is 31.8 Å². The summed E-state index contributed by atoms with van der Waals surface area (Å²) >= 11 is -1.32. The van der Waals surface area contributed by atoms with E-state index >= 15 is 0 Å². The molecule has 0 saturated heterocycles. The average molecular weight is 213 g/mol. The first kappa shape index (κ1) is 11.4. The lowest BCUT2D eigenvalue weighted by atomic mass is 10.2. The quantitative estimate of drug-likeness (QED) is 0.757. The highest BCUT2D eigenvalue weighted by atomic mass is 32.2. The molecule has 0 amide bonds. The number of hydrogen-bond donors (Lipinski definition) is 0. The first-order valence-corrected chi connectivity index (χ1v) is 5.41. The van der Waals surface area contributed by atoms with Crippen LogP contribution >= 0.6 is 0 Å². The van der Waals surface area contributed by atoms with E-state index in [1.165, 1.54) is 12.7 Å². The maximum atomic E-state index is 11.2. The van der Waals surface area contributed by atoms with Gasteiger partial charge in [0.15, 0.2) is 11.1 Å². The summed E-state index contributed by atoms with van der Waals surface area (Å²) in [4.78, 5) is 2.79. The normalized spacial score (nSPS) is 13.1. The molecular weight excluding hydrogens is 198 g/mol. The van der Waals surface area contributed by atoms with Gasteiger partial charge in [-0.1, -0.05) is 12.1 Å². The fraction of sp³-hybridized carbons (Fsp3) is 0.400. The highest BCUT2D eigenvalue weighted by Crippen LogP contribution is 2.10. The topological polar surface area (TPSA) is 29.5 Å². The zero-order chi connectivity index (χ0) is 10.6. The molecule has 4 heteroatoms. The van der Waals surface area contributed by atoms with Gasteiger partial charge in [0.2, 0.25) is 0 Å². The summed E-state index contributed by atoms with van der Waals surface area (Å²) in [6.07, 6.45) is 0. The monoisotopic (exact) mass is 213 g/mol. The number of nitrogens with zero attached hydrogens (tertiary/aromatic N) is 1. The van der Waals surface area contributed by atoms with Gasteiger partial charge in [0.05, 0.1) is 12.0 Å². The van der Waals surface area contributed by atoms with Crippen LogP contribution in [0.2, 0.25) is 0 Å². The predicted octanol–water partition coefficient (Wildman–Crippen LogP) is 1.42. The van der Waals surface area contributed by atoms with Crippen molar-refractivity contribution in [2.45, 2.75) is 11.4 Å². The van der Waals surface area contributed by atoms with Crippen LogP contribution in [0.15, 0.2) is 29.2 Å². The highest BCUT2D eigenvalue weighted by Gasteiger charge is 2.02. The molecule has 14 heavy (non-hydrogen) atoms. The fourth-order valence-corrected chi connectivity index (χ4v) is 1.72. The van der Waals surface area contributed by atoms with Crippen LogP contribution in [0.25, 0.3) is 0 Å². The highest BCUT2D eigenvalue weighted by molar-refractivity contribution is 7.80. The molecule has 78 valence electrons. The van der Waals surface area contributed by atoms with E-state index in [1.54, 1.807) is 0 Å². The Morgan fingerprint density at radius 3 is 2.29 bits per heavy atom. The first-order valence-electron chi connectivity index (χ1n) is 4.33. The van der Waals surface area contributed by atoms with Gasteiger partial charge in [0, 0.05) is 6.54 Å². The van der Waals surface area contributed by atoms with E-state index in [0.29, 0.717) is 4.90 Å². The lowest BCUT2D eigenvalue weighted by Gasteiger charge is -2.09. The molecule has 0 spiro atoms. The molecule has 0 bridgehead atoms. The number of benzene rings is 1. The molecular formula is C10H15NO2S. The molecule has 0 aliphatic rings.